The average molecular weight is 328 g/mol. The van der Waals surface area contributed by atoms with E-state index in [4.69, 9.17) is 9.47 Å². The molecular weight excluding hydrogens is 300 g/mol. The number of ether oxygens (including phenoxy) is 2. The lowest BCUT2D eigenvalue weighted by Crippen LogP contribution is -2.53. The van der Waals surface area contributed by atoms with Gasteiger partial charge in [-0.2, -0.15) is 0 Å². The van der Waals surface area contributed by atoms with Crippen molar-refractivity contribution in [1.29, 1.82) is 0 Å². The van der Waals surface area contributed by atoms with E-state index in [2.05, 4.69) is 10.6 Å². The Morgan fingerprint density at radius 3 is 2.57 bits per heavy atom. The summed E-state index contributed by atoms with van der Waals surface area (Å²) in [6.45, 7) is 3.55. The van der Waals surface area contributed by atoms with Crippen LogP contribution in [0, 0.1) is 5.92 Å². The smallest absolute Gasteiger partial charge is 0.223 e. The van der Waals surface area contributed by atoms with E-state index in [1.807, 2.05) is 6.92 Å². The topological polar surface area (TPSA) is 96.9 Å². The maximum Gasteiger partial charge on any atom is 0.223 e. The zero-order chi connectivity index (χ0) is 16.7. The van der Waals surface area contributed by atoms with Gasteiger partial charge in [-0.15, -0.1) is 0 Å². The van der Waals surface area contributed by atoms with Gasteiger partial charge in [-0.3, -0.25) is 9.59 Å². The summed E-state index contributed by atoms with van der Waals surface area (Å²) >= 11 is 0. The molecule has 3 N–H and O–H groups in total. The number of aliphatic hydroxyl groups excluding tert-OH is 1. The third-order valence-corrected chi connectivity index (χ3v) is 4.50. The van der Waals surface area contributed by atoms with Crippen molar-refractivity contribution < 1.29 is 24.2 Å². The van der Waals surface area contributed by atoms with E-state index < -0.39 is 6.10 Å². The first-order valence-electron chi connectivity index (χ1n) is 8.55. The molecule has 0 aromatic carbocycles. The third kappa shape index (κ3) is 5.44. The number of amides is 2. The minimum atomic E-state index is -0.452. The van der Waals surface area contributed by atoms with Gasteiger partial charge < -0.3 is 25.2 Å². The van der Waals surface area contributed by atoms with Crippen molar-refractivity contribution in [1.82, 2.24) is 10.6 Å². The fraction of sp³-hybridized carbons (Fsp3) is 0.875. The van der Waals surface area contributed by atoms with Gasteiger partial charge in [0.2, 0.25) is 11.8 Å². The summed E-state index contributed by atoms with van der Waals surface area (Å²) in [7, 11) is 0. The highest BCUT2D eigenvalue weighted by molar-refractivity contribution is 5.79. The molecule has 0 spiro atoms. The van der Waals surface area contributed by atoms with Gasteiger partial charge in [0.05, 0.1) is 25.2 Å². The lowest BCUT2D eigenvalue weighted by atomic mass is 9.94. The zero-order valence-corrected chi connectivity index (χ0v) is 13.8. The molecule has 2 aliphatic heterocycles. The fourth-order valence-corrected chi connectivity index (χ4v) is 3.18. The standard InChI is InChI=1S/C16H28N2O5/c1-2-17-15(20)9-12-3-4-13(14(10-19)23-12)18-16(21)11-5-7-22-8-6-11/h11-14,19H,2-10H2,1H3,(H,17,20)(H,18,21)/t12-,13+,14+/m0/s1. The maximum atomic E-state index is 12.3. The largest absolute Gasteiger partial charge is 0.394 e. The van der Waals surface area contributed by atoms with Gasteiger partial charge in [-0.1, -0.05) is 0 Å². The molecule has 132 valence electrons. The Kier molecular flexibility index (Phi) is 7.26. The molecule has 2 rings (SSSR count). The maximum absolute atomic E-state index is 12.3. The van der Waals surface area contributed by atoms with E-state index in [1.54, 1.807) is 0 Å². The van der Waals surface area contributed by atoms with Gasteiger partial charge >= 0.3 is 0 Å². The Balaban J connectivity index is 1.81. The van der Waals surface area contributed by atoms with Crippen LogP contribution in [-0.4, -0.2) is 61.5 Å². The lowest BCUT2D eigenvalue weighted by molar-refractivity contribution is -0.138. The Morgan fingerprint density at radius 2 is 1.91 bits per heavy atom. The van der Waals surface area contributed by atoms with Crippen molar-refractivity contribution in [2.45, 2.75) is 57.3 Å². The average Bonchev–Trinajstić information content (AvgIpc) is 2.57. The molecule has 0 saturated carbocycles. The molecule has 23 heavy (non-hydrogen) atoms. The Hall–Kier alpha value is -1.18. The number of nitrogens with one attached hydrogen (secondary N) is 2. The number of hydrogen-bond acceptors (Lipinski definition) is 5. The molecule has 2 aliphatic rings. The minimum Gasteiger partial charge on any atom is -0.394 e. The van der Waals surface area contributed by atoms with Crippen LogP contribution in [0.2, 0.25) is 0 Å². The van der Waals surface area contributed by atoms with Crippen LogP contribution in [-0.2, 0) is 19.1 Å². The summed E-state index contributed by atoms with van der Waals surface area (Å²) in [6, 6.07) is -0.194. The first kappa shape index (κ1) is 18.2. The number of hydrogen-bond donors (Lipinski definition) is 3. The highest BCUT2D eigenvalue weighted by atomic mass is 16.5. The summed E-state index contributed by atoms with van der Waals surface area (Å²) < 4.78 is 11.1. The van der Waals surface area contributed by atoms with Gasteiger partial charge in [0, 0.05) is 25.7 Å². The Labute approximate surface area is 137 Å². The number of rotatable bonds is 6. The number of carbonyl (C=O) groups is 2. The van der Waals surface area contributed by atoms with Crippen LogP contribution >= 0.6 is 0 Å². The van der Waals surface area contributed by atoms with Gasteiger partial charge in [0.1, 0.15) is 6.10 Å². The van der Waals surface area contributed by atoms with E-state index in [1.165, 1.54) is 0 Å². The summed E-state index contributed by atoms with van der Waals surface area (Å²) in [6.07, 6.45) is 2.54. The molecule has 3 atom stereocenters. The second-order valence-electron chi connectivity index (χ2n) is 6.22. The monoisotopic (exact) mass is 328 g/mol. The molecule has 2 saturated heterocycles. The quantitative estimate of drug-likeness (QED) is 0.636. The fourth-order valence-electron chi connectivity index (χ4n) is 3.18. The van der Waals surface area contributed by atoms with Crippen LogP contribution < -0.4 is 10.6 Å². The van der Waals surface area contributed by atoms with Gasteiger partial charge in [0.25, 0.3) is 0 Å². The van der Waals surface area contributed by atoms with E-state index in [-0.39, 0.29) is 36.5 Å². The molecule has 7 nitrogen and oxygen atoms in total. The van der Waals surface area contributed by atoms with E-state index in [0.29, 0.717) is 39.0 Å². The summed E-state index contributed by atoms with van der Waals surface area (Å²) in [5.41, 5.74) is 0. The molecule has 2 fully saturated rings. The van der Waals surface area contributed by atoms with E-state index in [0.717, 1.165) is 12.8 Å². The lowest BCUT2D eigenvalue weighted by Gasteiger charge is -2.36. The van der Waals surface area contributed by atoms with Crippen molar-refractivity contribution in [3.8, 4) is 0 Å². The number of carbonyl (C=O) groups excluding carboxylic acids is 2. The van der Waals surface area contributed by atoms with Crippen LogP contribution in [0.15, 0.2) is 0 Å². The van der Waals surface area contributed by atoms with E-state index in [9.17, 15) is 14.7 Å². The first-order chi connectivity index (χ1) is 11.1. The molecule has 7 heteroatoms. The van der Waals surface area contributed by atoms with Crippen LogP contribution in [0.4, 0.5) is 0 Å². The predicted octanol–water partition coefficient (Wildman–Crippen LogP) is -0.0361. The molecule has 0 radical (unpaired) electrons. The summed E-state index contributed by atoms with van der Waals surface area (Å²) in [4.78, 5) is 23.9. The Morgan fingerprint density at radius 1 is 1.17 bits per heavy atom. The number of aliphatic hydroxyl groups is 1. The van der Waals surface area contributed by atoms with Gasteiger partial charge in [-0.25, -0.2) is 0 Å². The molecule has 0 aliphatic carbocycles. The van der Waals surface area contributed by atoms with E-state index >= 15 is 0 Å². The third-order valence-electron chi connectivity index (χ3n) is 4.50. The SMILES string of the molecule is CCNC(=O)C[C@@H]1CC[C@@H](NC(=O)C2CCOCC2)[C@@H](CO)O1. The zero-order valence-electron chi connectivity index (χ0n) is 13.8. The van der Waals surface area contributed by atoms with Crippen molar-refractivity contribution >= 4 is 11.8 Å². The van der Waals surface area contributed by atoms with Crippen LogP contribution in [0.5, 0.6) is 0 Å². The molecule has 2 heterocycles. The minimum absolute atomic E-state index is 0.0162. The molecular formula is C16H28N2O5. The van der Waals surface area contributed by atoms with Gasteiger partial charge in [-0.05, 0) is 32.6 Å². The van der Waals surface area contributed by atoms with Crippen molar-refractivity contribution in [3.05, 3.63) is 0 Å². The van der Waals surface area contributed by atoms with Crippen molar-refractivity contribution in [3.63, 3.8) is 0 Å². The summed E-state index contributed by atoms with van der Waals surface area (Å²) in [5, 5.41) is 15.3. The van der Waals surface area contributed by atoms with Gasteiger partial charge in [0.15, 0.2) is 0 Å². The van der Waals surface area contributed by atoms with Crippen LogP contribution in [0.25, 0.3) is 0 Å². The first-order valence-corrected chi connectivity index (χ1v) is 8.55. The summed E-state index contributed by atoms with van der Waals surface area (Å²) in [5.74, 6) is -0.0439. The second kappa shape index (κ2) is 9.20. The highest BCUT2D eigenvalue weighted by Gasteiger charge is 2.34. The second-order valence-corrected chi connectivity index (χ2v) is 6.22. The highest BCUT2D eigenvalue weighted by Crippen LogP contribution is 2.23. The molecule has 0 aromatic heterocycles. The van der Waals surface area contributed by atoms with Crippen molar-refractivity contribution in [2.75, 3.05) is 26.4 Å². The Bertz CT molecular complexity index is 398. The molecule has 0 unspecified atom stereocenters. The van der Waals surface area contributed by atoms with Crippen LogP contribution in [0.1, 0.15) is 39.0 Å². The molecule has 2 amide bonds. The predicted molar refractivity (Wildman–Crippen MR) is 83.8 cm³/mol. The normalized spacial score (nSPS) is 29.0. The molecule has 0 bridgehead atoms. The van der Waals surface area contributed by atoms with Crippen LogP contribution in [0.3, 0.4) is 0 Å². The van der Waals surface area contributed by atoms with Crippen molar-refractivity contribution in [2.24, 2.45) is 5.92 Å². The molecule has 0 aromatic rings.